The molecule has 0 radical (unpaired) electrons. The molecule has 1 saturated carbocycles. The van der Waals surface area contributed by atoms with Gasteiger partial charge in [-0.3, -0.25) is 29.1 Å². The summed E-state index contributed by atoms with van der Waals surface area (Å²) in [6, 6.07) is 8.51. The molecule has 3 saturated heterocycles. The van der Waals surface area contributed by atoms with Crippen molar-refractivity contribution in [2.24, 2.45) is 35.5 Å². The summed E-state index contributed by atoms with van der Waals surface area (Å²) in [5, 5.41) is 36.8. The monoisotopic (exact) mass is 1010 g/mol. The van der Waals surface area contributed by atoms with Crippen molar-refractivity contribution in [3.05, 3.63) is 53.6 Å². The summed E-state index contributed by atoms with van der Waals surface area (Å²) in [6.07, 6.45) is 3.14. The molecule has 1 amide bonds. The van der Waals surface area contributed by atoms with Gasteiger partial charge in [0.05, 0.1) is 36.1 Å². The Hall–Kier alpha value is -3.87. The lowest BCUT2D eigenvalue weighted by Gasteiger charge is -2.43. The number of hydrogen-bond donors (Lipinski definition) is 3. The molecule has 6 aliphatic rings. The molecule has 5 heterocycles. The number of amides is 1. The minimum absolute atomic E-state index is 0.0395. The van der Waals surface area contributed by atoms with Crippen LogP contribution < -0.4 is 5.06 Å². The van der Waals surface area contributed by atoms with Crippen LogP contribution in [0, 0.1) is 35.5 Å². The van der Waals surface area contributed by atoms with Crippen molar-refractivity contribution in [2.45, 2.75) is 199 Å². The van der Waals surface area contributed by atoms with Crippen LogP contribution in [-0.4, -0.2) is 144 Å². The van der Waals surface area contributed by atoms with Crippen LogP contribution in [0.15, 0.2) is 53.6 Å². The maximum atomic E-state index is 14.5. The SMILES string of the molecule is COC1CC2CCC(C)C(O)(O2)C(=O)C(=O)N2CCCCC2C(=O)OC(C(C)C2CCCC(O)C2OC)CC(=O)C(C)/C=C(\C)C(O)C(OC)C(=O)C(C)CC(C)C2CCC(/C=C/1C)ON2c1ccccc1. The van der Waals surface area contributed by atoms with Gasteiger partial charge in [-0.2, -0.15) is 0 Å². The minimum atomic E-state index is -2.47. The van der Waals surface area contributed by atoms with E-state index in [1.54, 1.807) is 34.0 Å². The number of nitrogens with zero attached hydrogens (tertiary/aromatic N) is 2. The number of ketones is 3. The Balaban J connectivity index is 1.36. The highest BCUT2D eigenvalue weighted by atomic mass is 16.7. The second-order valence-corrected chi connectivity index (χ2v) is 21.8. The van der Waals surface area contributed by atoms with Crippen LogP contribution in [-0.2, 0) is 52.5 Å². The average Bonchev–Trinajstić information content (AvgIpc) is 3.37. The first-order valence-corrected chi connectivity index (χ1v) is 26.6. The van der Waals surface area contributed by atoms with Gasteiger partial charge in [-0.1, -0.05) is 71.4 Å². The number of hydroxylamine groups is 1. The highest BCUT2D eigenvalue weighted by molar-refractivity contribution is 6.39. The molecule has 4 fully saturated rings. The number of carbonyl (C=O) groups excluding carboxylic acids is 5. The molecule has 402 valence electrons. The van der Waals surface area contributed by atoms with E-state index in [1.807, 2.05) is 62.2 Å². The maximum absolute atomic E-state index is 14.5. The van der Waals surface area contributed by atoms with Crippen LogP contribution in [0.5, 0.6) is 0 Å². The van der Waals surface area contributed by atoms with E-state index in [4.69, 9.17) is 28.5 Å². The number of fused-ring (bicyclic) bond motifs is 17. The smallest absolute Gasteiger partial charge is 0.329 e. The van der Waals surface area contributed by atoms with Gasteiger partial charge in [-0.25, -0.2) is 4.79 Å². The van der Waals surface area contributed by atoms with Crippen LogP contribution >= 0.6 is 0 Å². The van der Waals surface area contributed by atoms with Gasteiger partial charge in [-0.05, 0) is 119 Å². The molecule has 16 heteroatoms. The van der Waals surface area contributed by atoms with Crippen LogP contribution in [0.1, 0.15) is 132 Å². The zero-order valence-corrected chi connectivity index (χ0v) is 44.4. The zero-order chi connectivity index (χ0) is 52.6. The zero-order valence-electron chi connectivity index (χ0n) is 44.4. The van der Waals surface area contributed by atoms with Crippen LogP contribution in [0.25, 0.3) is 0 Å². The Morgan fingerprint density at radius 1 is 0.792 bits per heavy atom. The number of aliphatic hydroxyl groups excluding tert-OH is 2. The highest BCUT2D eigenvalue weighted by Gasteiger charge is 2.53. The molecular formula is C56H84N2O14. The number of benzene rings is 1. The number of piperidine rings is 1. The molecule has 72 heavy (non-hydrogen) atoms. The number of rotatable bonds is 6. The van der Waals surface area contributed by atoms with Crippen molar-refractivity contribution in [2.75, 3.05) is 32.9 Å². The molecule has 3 N–H and O–H groups in total. The summed E-state index contributed by atoms with van der Waals surface area (Å²) >= 11 is 0. The van der Waals surface area contributed by atoms with Gasteiger partial charge in [0.1, 0.15) is 36.2 Å². The number of esters is 1. The van der Waals surface area contributed by atoms with Crippen molar-refractivity contribution in [1.82, 2.24) is 4.90 Å². The van der Waals surface area contributed by atoms with Crippen molar-refractivity contribution >= 4 is 34.9 Å². The van der Waals surface area contributed by atoms with E-state index in [1.165, 1.54) is 19.1 Å². The Bertz CT molecular complexity index is 2080. The Morgan fingerprint density at radius 2 is 1.51 bits per heavy atom. The van der Waals surface area contributed by atoms with E-state index < -0.39 is 95.9 Å². The minimum Gasteiger partial charge on any atom is -0.460 e. The second kappa shape index (κ2) is 25.6. The van der Waals surface area contributed by atoms with Crippen molar-refractivity contribution in [3.63, 3.8) is 0 Å². The Kier molecular flexibility index (Phi) is 20.4. The third kappa shape index (κ3) is 13.1. The maximum Gasteiger partial charge on any atom is 0.329 e. The van der Waals surface area contributed by atoms with Gasteiger partial charge in [0, 0.05) is 58.5 Å². The molecule has 5 aliphatic heterocycles. The predicted octanol–water partition coefficient (Wildman–Crippen LogP) is 6.65. The van der Waals surface area contributed by atoms with E-state index in [-0.39, 0.29) is 61.4 Å². The van der Waals surface area contributed by atoms with E-state index in [0.29, 0.717) is 63.4 Å². The van der Waals surface area contributed by atoms with E-state index in [2.05, 4.69) is 6.92 Å². The van der Waals surface area contributed by atoms with Gasteiger partial charge in [0.25, 0.3) is 11.7 Å². The molecular weight excluding hydrogens is 925 g/mol. The van der Waals surface area contributed by atoms with Gasteiger partial charge < -0.3 is 43.9 Å². The number of hydrogen-bond acceptors (Lipinski definition) is 15. The number of aliphatic hydroxyl groups is 3. The van der Waals surface area contributed by atoms with Gasteiger partial charge in [-0.15, -0.1) is 0 Å². The van der Waals surface area contributed by atoms with Gasteiger partial charge >= 0.3 is 5.97 Å². The van der Waals surface area contributed by atoms with Crippen molar-refractivity contribution in [1.29, 1.82) is 0 Å². The number of anilines is 1. The second-order valence-electron chi connectivity index (χ2n) is 21.8. The molecule has 1 aliphatic carbocycles. The summed E-state index contributed by atoms with van der Waals surface area (Å²) in [5.41, 5.74) is 2.09. The lowest BCUT2D eigenvalue weighted by molar-refractivity contribution is -0.265. The molecule has 16 nitrogen and oxygen atoms in total. The quantitative estimate of drug-likeness (QED) is 0.155. The third-order valence-corrected chi connectivity index (χ3v) is 16.7. The average molecular weight is 1010 g/mol. The largest absolute Gasteiger partial charge is 0.460 e. The first-order valence-electron chi connectivity index (χ1n) is 26.6. The highest BCUT2D eigenvalue weighted by Crippen LogP contribution is 2.40. The molecule has 17 atom stereocenters. The summed E-state index contributed by atoms with van der Waals surface area (Å²) < 4.78 is 30.1. The normalized spacial score (nSPS) is 39.8. The number of methoxy groups -OCH3 is 3. The van der Waals surface area contributed by atoms with E-state index in [9.17, 15) is 39.3 Å². The Labute approximate surface area is 427 Å². The fourth-order valence-electron chi connectivity index (χ4n) is 12.1. The van der Waals surface area contributed by atoms with Crippen LogP contribution in [0.3, 0.4) is 0 Å². The van der Waals surface area contributed by atoms with Gasteiger partial charge in [0.2, 0.25) is 5.79 Å². The lowest BCUT2D eigenvalue weighted by Crippen LogP contribution is -2.61. The molecule has 1 aromatic rings. The summed E-state index contributed by atoms with van der Waals surface area (Å²) in [6.45, 7) is 12.8. The van der Waals surface area contributed by atoms with Crippen molar-refractivity contribution < 1.29 is 67.8 Å². The van der Waals surface area contributed by atoms with E-state index >= 15 is 0 Å². The summed E-state index contributed by atoms with van der Waals surface area (Å²) in [7, 11) is 4.50. The first-order chi connectivity index (χ1) is 34.2. The van der Waals surface area contributed by atoms with Gasteiger partial charge in [0.15, 0.2) is 5.78 Å². The predicted molar refractivity (Wildman–Crippen MR) is 269 cm³/mol. The van der Waals surface area contributed by atoms with E-state index in [0.717, 1.165) is 17.7 Å². The number of carbonyl (C=O) groups is 5. The number of allylic oxidation sites excluding steroid dienone is 1. The molecule has 0 aromatic heterocycles. The fourth-order valence-corrected chi connectivity index (χ4v) is 12.1. The third-order valence-electron chi connectivity index (χ3n) is 16.7. The van der Waals surface area contributed by atoms with Crippen LogP contribution in [0.4, 0.5) is 5.69 Å². The fraction of sp³-hybridized carbons (Fsp3) is 0.732. The number of para-hydroxylation sites is 1. The topological polar surface area (TPSA) is 208 Å². The first kappa shape index (κ1) is 57.4. The summed E-state index contributed by atoms with van der Waals surface area (Å²) in [5.74, 6) is -8.93. The molecule has 0 spiro atoms. The number of ether oxygens (including phenoxy) is 5. The molecule has 1 aromatic carbocycles. The summed E-state index contributed by atoms with van der Waals surface area (Å²) in [4.78, 5) is 79.9. The lowest BCUT2D eigenvalue weighted by atomic mass is 9.74. The van der Waals surface area contributed by atoms with Crippen molar-refractivity contribution in [3.8, 4) is 0 Å². The molecule has 7 rings (SSSR count). The number of Topliss-reactive ketones (excluding diaryl/α,β-unsaturated/α-hetero) is 3. The molecule has 4 bridgehead atoms. The molecule has 17 unspecified atom stereocenters. The standard InChI is InChI=1S/C56H84N2O14/c1-32-27-35(4)49(61)52(69-10)50(62)36(5)28-33(2)46(60)31-48(38(7)42-19-16-21-45(59)51(42)68-9)70-55(65)44-20-14-15-26-57(44)54(64)53(63)56(66)37(6)22-23-40(71-56)30-47(67-8)34(3)29-41-24-25-43(32)58(72-41)39-17-12-11-13-18-39/h11-13,17-18,28-29,32-33,35,37-38,40-45,47-48,50-52,59,62,66H,14-16,19-27,30-31H2,1-10H3/b34-29+,36-28+. The Morgan fingerprint density at radius 3 is 2.19 bits per heavy atom. The van der Waals surface area contributed by atoms with Crippen LogP contribution in [0.2, 0.25) is 0 Å².